The predicted molar refractivity (Wildman–Crippen MR) is 136 cm³/mol. The molecule has 0 saturated carbocycles. The number of ketones is 1. The van der Waals surface area contributed by atoms with Gasteiger partial charge in [-0.3, -0.25) is 9.69 Å². The molecule has 0 spiro atoms. The second kappa shape index (κ2) is 10.4. The molecule has 0 radical (unpaired) electrons. The lowest BCUT2D eigenvalue weighted by molar-refractivity contribution is -0.123. The van der Waals surface area contributed by atoms with Gasteiger partial charge >= 0.3 is 6.09 Å². The van der Waals surface area contributed by atoms with Crippen molar-refractivity contribution in [3.63, 3.8) is 0 Å². The molecule has 2 aromatic carbocycles. The second-order valence-corrected chi connectivity index (χ2v) is 15.1. The van der Waals surface area contributed by atoms with Gasteiger partial charge in [0, 0.05) is 6.61 Å². The molecule has 0 aliphatic carbocycles. The molecule has 185 valence electrons. The molecule has 1 atom stereocenters. The number of carbonyl (C=O) groups is 2. The largest absolute Gasteiger partial charge is 0.556 e. The first kappa shape index (κ1) is 26.1. The zero-order valence-electron chi connectivity index (χ0n) is 21.2. The molecule has 1 fully saturated rings. The Kier molecular flexibility index (Phi) is 8.01. The molecule has 34 heavy (non-hydrogen) atoms. The van der Waals surface area contributed by atoms with Gasteiger partial charge in [-0.25, -0.2) is 4.79 Å². The van der Waals surface area contributed by atoms with Crippen molar-refractivity contribution in [2.75, 3.05) is 26.3 Å². The van der Waals surface area contributed by atoms with Crippen LogP contribution in [0.1, 0.15) is 41.5 Å². The van der Waals surface area contributed by atoms with E-state index >= 15 is 0 Å². The Morgan fingerprint density at radius 3 is 1.97 bits per heavy atom. The van der Waals surface area contributed by atoms with Gasteiger partial charge in [0.15, 0.2) is 5.78 Å². The van der Waals surface area contributed by atoms with Crippen molar-refractivity contribution in [1.29, 1.82) is 0 Å². The van der Waals surface area contributed by atoms with Crippen LogP contribution in [0.5, 0.6) is 0 Å². The lowest BCUT2D eigenvalue weighted by Crippen LogP contribution is -2.67. The molecule has 0 aromatic heterocycles. The van der Waals surface area contributed by atoms with Crippen molar-refractivity contribution in [3.8, 4) is 0 Å². The van der Waals surface area contributed by atoms with Gasteiger partial charge < -0.3 is 13.9 Å². The van der Waals surface area contributed by atoms with Gasteiger partial charge in [0.25, 0.3) is 0 Å². The average molecular weight is 484 g/mol. The van der Waals surface area contributed by atoms with Crippen LogP contribution >= 0.6 is 0 Å². The van der Waals surface area contributed by atoms with Crippen molar-refractivity contribution in [3.05, 3.63) is 60.7 Å². The van der Waals surface area contributed by atoms with E-state index in [4.69, 9.17) is 13.9 Å². The van der Waals surface area contributed by atoms with Crippen LogP contribution in [0, 0.1) is 0 Å². The Morgan fingerprint density at radius 2 is 1.50 bits per heavy atom. The van der Waals surface area contributed by atoms with Crippen LogP contribution in [0.4, 0.5) is 4.79 Å². The van der Waals surface area contributed by atoms with Gasteiger partial charge in [-0.2, -0.15) is 10.4 Å². The topological polar surface area (TPSA) is 65.1 Å². The van der Waals surface area contributed by atoms with Crippen molar-refractivity contribution in [2.24, 2.45) is 0 Å². The van der Waals surface area contributed by atoms with Crippen molar-refractivity contribution in [2.45, 2.75) is 58.3 Å². The summed E-state index contributed by atoms with van der Waals surface area (Å²) in [6.07, 6.45) is -0.956. The average Bonchev–Trinajstić information content (AvgIpc) is 2.95. The molecule has 1 saturated heterocycles. The summed E-state index contributed by atoms with van der Waals surface area (Å²) in [5, 5.41) is 2.16. The summed E-state index contributed by atoms with van der Waals surface area (Å²) in [6, 6.07) is 20.7. The maximum Gasteiger partial charge on any atom is 0.410 e. The van der Waals surface area contributed by atoms with Crippen LogP contribution in [-0.4, -0.2) is 63.1 Å². The number of rotatable bonds is 5. The molecule has 2 aromatic rings. The third-order valence-corrected chi connectivity index (χ3v) is 10.8. The van der Waals surface area contributed by atoms with E-state index in [1.165, 1.54) is 15.3 Å². The molecular formula is C27H37NO5Si-. The van der Waals surface area contributed by atoms with E-state index in [0.29, 0.717) is 0 Å². The lowest BCUT2D eigenvalue weighted by atomic mass is 10.2. The third kappa shape index (κ3) is 6.14. The van der Waals surface area contributed by atoms with Crippen molar-refractivity contribution < 1.29 is 23.5 Å². The molecule has 1 aliphatic rings. The minimum atomic E-state index is -2.75. The van der Waals surface area contributed by atoms with Crippen molar-refractivity contribution in [1.82, 2.24) is 4.90 Å². The fraction of sp³-hybridized carbons (Fsp3) is 0.481. The van der Waals surface area contributed by atoms with Crippen LogP contribution in [0.3, 0.4) is 0 Å². The van der Waals surface area contributed by atoms with Gasteiger partial charge in [0.05, 0.1) is 27.5 Å². The summed E-state index contributed by atoms with van der Waals surface area (Å²) in [5.74, 6) is -0.154. The number of nitrogens with zero attached hydrogens (tertiary/aromatic N) is 1. The quantitative estimate of drug-likeness (QED) is 0.606. The van der Waals surface area contributed by atoms with E-state index in [9.17, 15) is 9.59 Å². The third-order valence-electron chi connectivity index (χ3n) is 5.83. The van der Waals surface area contributed by atoms with E-state index in [1.54, 1.807) is 0 Å². The monoisotopic (exact) mass is 483 g/mol. The number of hydrogen-bond donors (Lipinski definition) is 0. The Bertz CT molecular complexity index is 927. The molecule has 7 heteroatoms. The maximum absolute atomic E-state index is 12.7. The first-order chi connectivity index (χ1) is 15.9. The summed E-state index contributed by atoms with van der Waals surface area (Å²) in [4.78, 5) is 26.5. The van der Waals surface area contributed by atoms with Gasteiger partial charge in [0.1, 0.15) is 12.2 Å². The Labute approximate surface area is 204 Å². The molecule has 0 bridgehead atoms. The smallest absolute Gasteiger partial charge is 0.410 e. The number of carbonyl (C=O) groups excluding carboxylic acids is 2. The fourth-order valence-corrected chi connectivity index (χ4v) is 8.97. The summed E-state index contributed by atoms with van der Waals surface area (Å²) >= 11 is 0. The molecule has 1 heterocycles. The number of benzene rings is 2. The lowest BCUT2D eigenvalue weighted by Gasteiger charge is -2.56. The normalized spacial score (nSPS) is 17.9. The summed E-state index contributed by atoms with van der Waals surface area (Å²) in [5.41, 5.74) is -0.645. The van der Waals surface area contributed by atoms with E-state index < -0.39 is 26.1 Å². The minimum absolute atomic E-state index is 0.0232. The summed E-state index contributed by atoms with van der Waals surface area (Å²) in [6.45, 7) is 12.5. The van der Waals surface area contributed by atoms with E-state index in [1.807, 2.05) is 57.2 Å². The summed E-state index contributed by atoms with van der Waals surface area (Å²) in [7, 11) is -2.75. The van der Waals surface area contributed by atoms with Crippen LogP contribution in [-0.2, 0) is 18.7 Å². The summed E-state index contributed by atoms with van der Waals surface area (Å²) < 4.78 is 18.4. The number of Topliss-reactive ketones (excluding diaryl/α,β-unsaturated/α-hetero) is 1. The standard InChI is InChI=1S/C27H37NO5Si/c1-26(2,3)33-25(30)28-17-21(29)19-31-22(18-28)20-32-34(27(4,5)6,23-13-9-7-10-14-23)24-15-11-8-12-16-24/h7-16,22H,17-20H2,1-6H3/q-1/t22-/m0/s1. The molecule has 6 nitrogen and oxygen atoms in total. The van der Waals surface area contributed by atoms with Gasteiger partial charge in [0.2, 0.25) is 0 Å². The Morgan fingerprint density at radius 1 is 0.971 bits per heavy atom. The van der Waals surface area contributed by atoms with Crippen molar-refractivity contribution >= 4 is 30.6 Å². The van der Waals surface area contributed by atoms with Crippen LogP contribution < -0.4 is 10.4 Å². The highest BCUT2D eigenvalue weighted by molar-refractivity contribution is 6.99. The highest BCUT2D eigenvalue weighted by atomic mass is 28.4. The highest BCUT2D eigenvalue weighted by Gasteiger charge is 2.38. The number of amides is 1. The molecule has 1 aliphatic heterocycles. The van der Waals surface area contributed by atoms with Gasteiger partial charge in [-0.1, -0.05) is 81.4 Å². The Hall–Kier alpha value is -2.48. The minimum Gasteiger partial charge on any atom is -0.556 e. The Balaban J connectivity index is 1.91. The van der Waals surface area contributed by atoms with Crippen LogP contribution in [0.2, 0.25) is 5.04 Å². The fourth-order valence-electron chi connectivity index (χ4n) is 4.38. The molecular weight excluding hydrogens is 446 g/mol. The van der Waals surface area contributed by atoms with E-state index in [0.717, 1.165) is 0 Å². The molecule has 0 unspecified atom stereocenters. The first-order valence-corrected chi connectivity index (χ1v) is 13.7. The van der Waals surface area contributed by atoms with Crippen LogP contribution in [0.15, 0.2) is 60.7 Å². The first-order valence-electron chi connectivity index (χ1n) is 11.8. The number of hydrogen-bond acceptors (Lipinski definition) is 5. The highest BCUT2D eigenvalue weighted by Crippen LogP contribution is 2.37. The zero-order valence-corrected chi connectivity index (χ0v) is 22.2. The number of ether oxygens (including phenoxy) is 2. The van der Waals surface area contributed by atoms with E-state index in [-0.39, 0.29) is 37.1 Å². The van der Waals surface area contributed by atoms with E-state index in [2.05, 4.69) is 45.0 Å². The SMILES string of the molecule is CC(C)(C)OC(=O)N1CC(=O)CO[C@H](CO[Si-](c2ccccc2)(c2ccccc2)C(C)(C)C)C1. The zero-order chi connectivity index (χ0) is 25.0. The second-order valence-electron chi connectivity index (χ2n) is 10.8. The molecule has 3 rings (SSSR count). The predicted octanol–water partition coefficient (Wildman–Crippen LogP) is 3.77. The van der Waals surface area contributed by atoms with Crippen LogP contribution in [0.25, 0.3) is 0 Å². The van der Waals surface area contributed by atoms with Gasteiger partial charge in [-0.05, 0) is 20.8 Å². The van der Waals surface area contributed by atoms with Gasteiger partial charge in [-0.15, -0.1) is 5.04 Å². The molecule has 0 N–H and O–H groups in total. The molecule has 1 amide bonds. The maximum atomic E-state index is 12.7.